The first kappa shape index (κ1) is 19.5. The highest BCUT2D eigenvalue weighted by molar-refractivity contribution is 14.0. The van der Waals surface area contributed by atoms with Crippen LogP contribution in [0.2, 0.25) is 0 Å². The van der Waals surface area contributed by atoms with Gasteiger partial charge in [-0.15, -0.1) is 24.0 Å². The topological polar surface area (TPSA) is 45.5 Å². The number of hydrogen-bond acceptors (Lipinski definition) is 2. The summed E-state index contributed by atoms with van der Waals surface area (Å²) >= 11 is 0. The normalized spacial score (nSPS) is 14.7. The Morgan fingerprint density at radius 3 is 2.68 bits per heavy atom. The molecule has 2 heterocycles. The average Bonchev–Trinajstić information content (AvgIpc) is 3.05. The van der Waals surface area contributed by atoms with Gasteiger partial charge in [0.15, 0.2) is 5.96 Å². The highest BCUT2D eigenvalue weighted by Crippen LogP contribution is 2.21. The lowest BCUT2D eigenvalue weighted by molar-refractivity contribution is 0.436. The summed E-state index contributed by atoms with van der Waals surface area (Å²) in [6.07, 6.45) is 7.29. The summed E-state index contributed by atoms with van der Waals surface area (Å²) in [5, 5.41) is 7.75. The van der Waals surface area contributed by atoms with Crippen molar-refractivity contribution < 1.29 is 0 Å². The second-order valence-electron chi connectivity index (χ2n) is 6.05. The van der Waals surface area contributed by atoms with E-state index in [0.717, 1.165) is 38.6 Å². The third kappa shape index (κ3) is 5.32. The fraction of sp³-hybridized carbons (Fsp3) is 0.368. The van der Waals surface area contributed by atoms with E-state index in [1.807, 2.05) is 17.9 Å². The molecule has 1 aromatic heterocycles. The van der Waals surface area contributed by atoms with Crippen molar-refractivity contribution in [3.63, 3.8) is 0 Å². The van der Waals surface area contributed by atoms with Gasteiger partial charge in [0.05, 0.1) is 12.7 Å². The molecule has 1 N–H and O–H groups in total. The van der Waals surface area contributed by atoms with Gasteiger partial charge in [0.1, 0.15) is 0 Å². The van der Waals surface area contributed by atoms with E-state index in [2.05, 4.69) is 69.8 Å². The molecule has 0 aliphatic carbocycles. The highest BCUT2D eigenvalue weighted by atomic mass is 127. The van der Waals surface area contributed by atoms with Crippen LogP contribution in [0.4, 0.5) is 0 Å². The fourth-order valence-electron chi connectivity index (χ4n) is 2.98. The zero-order chi connectivity index (χ0) is 16.8. The molecule has 2 aromatic rings. The lowest BCUT2D eigenvalue weighted by Gasteiger charge is -2.29. The molecule has 0 radical (unpaired) electrons. The Hall–Kier alpha value is -1.83. The molecule has 1 aliphatic rings. The molecule has 0 spiro atoms. The Morgan fingerprint density at radius 1 is 1.28 bits per heavy atom. The number of aliphatic imine (C=N–C) groups is 1. The molecule has 0 fully saturated rings. The zero-order valence-electron chi connectivity index (χ0n) is 14.9. The van der Waals surface area contributed by atoms with E-state index in [1.165, 1.54) is 16.7 Å². The Balaban J connectivity index is 0.00000225. The third-order valence-corrected chi connectivity index (χ3v) is 4.25. The van der Waals surface area contributed by atoms with Crippen LogP contribution in [0.25, 0.3) is 5.57 Å². The summed E-state index contributed by atoms with van der Waals surface area (Å²) in [6.45, 7) is 5.59. The van der Waals surface area contributed by atoms with Crippen molar-refractivity contribution in [2.45, 2.75) is 19.9 Å². The van der Waals surface area contributed by atoms with Gasteiger partial charge < -0.3 is 10.2 Å². The van der Waals surface area contributed by atoms with E-state index in [0.29, 0.717) is 0 Å². The number of guanidine groups is 1. The van der Waals surface area contributed by atoms with Gasteiger partial charge in [0.2, 0.25) is 0 Å². The summed E-state index contributed by atoms with van der Waals surface area (Å²) in [6, 6.07) is 10.6. The second-order valence-corrected chi connectivity index (χ2v) is 6.05. The molecule has 1 aliphatic heterocycles. The van der Waals surface area contributed by atoms with E-state index in [1.54, 1.807) is 0 Å². The number of aryl methyl sites for hydroxylation is 1. The SMILES string of the molecule is CN=C(NCCn1cc(C)cn1)N1CC=C(c2ccccc2)CC1.I. The summed E-state index contributed by atoms with van der Waals surface area (Å²) < 4.78 is 1.96. The molecule has 1 aromatic carbocycles. The lowest BCUT2D eigenvalue weighted by Crippen LogP contribution is -2.44. The number of nitrogens with one attached hydrogen (secondary N) is 1. The van der Waals surface area contributed by atoms with E-state index < -0.39 is 0 Å². The van der Waals surface area contributed by atoms with Gasteiger partial charge in [-0.1, -0.05) is 36.4 Å². The van der Waals surface area contributed by atoms with Gasteiger partial charge in [-0.2, -0.15) is 5.10 Å². The molecule has 134 valence electrons. The van der Waals surface area contributed by atoms with Crippen molar-refractivity contribution in [2.24, 2.45) is 4.99 Å². The van der Waals surface area contributed by atoms with E-state index in [-0.39, 0.29) is 24.0 Å². The summed E-state index contributed by atoms with van der Waals surface area (Å²) in [5.41, 5.74) is 3.94. The number of halogens is 1. The predicted molar refractivity (Wildman–Crippen MR) is 114 cm³/mol. The van der Waals surface area contributed by atoms with Gasteiger partial charge in [0, 0.05) is 32.9 Å². The van der Waals surface area contributed by atoms with Crippen LogP contribution in [0.1, 0.15) is 17.5 Å². The first-order chi connectivity index (χ1) is 11.8. The predicted octanol–water partition coefficient (Wildman–Crippen LogP) is 3.17. The molecule has 3 rings (SSSR count). The molecule has 0 amide bonds. The van der Waals surface area contributed by atoms with Crippen LogP contribution in [-0.4, -0.2) is 47.3 Å². The summed E-state index contributed by atoms with van der Waals surface area (Å²) in [5.74, 6) is 0.960. The highest BCUT2D eigenvalue weighted by Gasteiger charge is 2.15. The van der Waals surface area contributed by atoms with E-state index >= 15 is 0 Å². The molecule has 0 bridgehead atoms. The molecule has 0 atom stereocenters. The average molecular weight is 451 g/mol. The largest absolute Gasteiger partial charge is 0.354 e. The Morgan fingerprint density at radius 2 is 2.08 bits per heavy atom. The zero-order valence-corrected chi connectivity index (χ0v) is 17.2. The van der Waals surface area contributed by atoms with Gasteiger partial charge >= 0.3 is 0 Å². The van der Waals surface area contributed by atoms with Crippen molar-refractivity contribution in [1.29, 1.82) is 0 Å². The maximum atomic E-state index is 4.42. The van der Waals surface area contributed by atoms with Crippen LogP contribution in [0, 0.1) is 6.92 Å². The van der Waals surface area contributed by atoms with Crippen molar-refractivity contribution in [1.82, 2.24) is 20.0 Å². The quantitative estimate of drug-likeness (QED) is 0.442. The van der Waals surface area contributed by atoms with Gasteiger partial charge in [-0.05, 0) is 30.0 Å². The smallest absolute Gasteiger partial charge is 0.194 e. The molecule has 5 nitrogen and oxygen atoms in total. The number of benzene rings is 1. The number of aromatic nitrogens is 2. The first-order valence-corrected chi connectivity index (χ1v) is 8.45. The van der Waals surface area contributed by atoms with Gasteiger partial charge in [-0.25, -0.2) is 0 Å². The number of rotatable bonds is 4. The van der Waals surface area contributed by atoms with Crippen molar-refractivity contribution >= 4 is 35.5 Å². The van der Waals surface area contributed by atoms with Crippen LogP contribution >= 0.6 is 24.0 Å². The molecule has 25 heavy (non-hydrogen) atoms. The van der Waals surface area contributed by atoms with Crippen LogP contribution < -0.4 is 5.32 Å². The van der Waals surface area contributed by atoms with Crippen LogP contribution in [0.3, 0.4) is 0 Å². The van der Waals surface area contributed by atoms with E-state index in [9.17, 15) is 0 Å². The Kier molecular flexibility index (Phi) is 7.49. The van der Waals surface area contributed by atoms with Gasteiger partial charge in [0.25, 0.3) is 0 Å². The van der Waals surface area contributed by atoms with Crippen molar-refractivity contribution in [3.8, 4) is 0 Å². The monoisotopic (exact) mass is 451 g/mol. The minimum absolute atomic E-state index is 0. The summed E-state index contributed by atoms with van der Waals surface area (Å²) in [4.78, 5) is 6.71. The molecule has 0 saturated carbocycles. The summed E-state index contributed by atoms with van der Waals surface area (Å²) in [7, 11) is 1.84. The minimum Gasteiger partial charge on any atom is -0.354 e. The molecule has 0 saturated heterocycles. The van der Waals surface area contributed by atoms with Gasteiger partial charge in [-0.3, -0.25) is 9.67 Å². The van der Waals surface area contributed by atoms with Crippen molar-refractivity contribution in [2.75, 3.05) is 26.7 Å². The Bertz CT molecular complexity index is 720. The Labute approximate surface area is 166 Å². The maximum Gasteiger partial charge on any atom is 0.194 e. The molecule has 0 unspecified atom stereocenters. The maximum absolute atomic E-state index is 4.42. The van der Waals surface area contributed by atoms with Crippen molar-refractivity contribution in [3.05, 3.63) is 59.9 Å². The van der Waals surface area contributed by atoms with Crippen LogP contribution in [-0.2, 0) is 6.54 Å². The van der Waals surface area contributed by atoms with Crippen LogP contribution in [0.15, 0.2) is 53.8 Å². The van der Waals surface area contributed by atoms with E-state index in [4.69, 9.17) is 0 Å². The fourth-order valence-corrected chi connectivity index (χ4v) is 2.98. The van der Waals surface area contributed by atoms with Crippen LogP contribution in [0.5, 0.6) is 0 Å². The standard InChI is InChI=1S/C19H25N5.HI/c1-16-14-22-24(15-16)13-10-21-19(20-2)23-11-8-18(9-12-23)17-6-4-3-5-7-17;/h3-8,14-15H,9-13H2,1-2H3,(H,20,21);1H. The second kappa shape index (κ2) is 9.60. The molecule has 6 heteroatoms. The molecular formula is C19H26IN5. The third-order valence-electron chi connectivity index (χ3n) is 4.25. The first-order valence-electron chi connectivity index (χ1n) is 8.45. The molecular weight excluding hydrogens is 425 g/mol. The number of hydrogen-bond donors (Lipinski definition) is 1. The minimum atomic E-state index is 0. The lowest BCUT2D eigenvalue weighted by atomic mass is 10.00. The number of nitrogens with zero attached hydrogens (tertiary/aromatic N) is 4.